The summed E-state index contributed by atoms with van der Waals surface area (Å²) in [5.41, 5.74) is 1.23. The van der Waals surface area contributed by atoms with Gasteiger partial charge in [-0.15, -0.1) is 0 Å². The summed E-state index contributed by atoms with van der Waals surface area (Å²) >= 11 is 0. The average molecular weight is 305 g/mol. The summed E-state index contributed by atoms with van der Waals surface area (Å²) in [5, 5.41) is 9.73. The van der Waals surface area contributed by atoms with Crippen LogP contribution in [0.4, 0.5) is 0 Å². The molecule has 1 aliphatic heterocycles. The number of benzene rings is 1. The molecule has 0 bridgehead atoms. The summed E-state index contributed by atoms with van der Waals surface area (Å²) in [6, 6.07) is 8.86. The fraction of sp³-hybridized carbons (Fsp3) is 0.667. The summed E-state index contributed by atoms with van der Waals surface area (Å²) in [7, 11) is 1.69. The fourth-order valence-electron chi connectivity index (χ4n) is 3.24. The molecule has 1 unspecified atom stereocenters. The van der Waals surface area contributed by atoms with Crippen molar-refractivity contribution in [2.75, 3.05) is 33.5 Å². The third-order valence-corrected chi connectivity index (χ3v) is 5.12. The zero-order valence-corrected chi connectivity index (χ0v) is 13.6. The van der Waals surface area contributed by atoms with Gasteiger partial charge in [0.15, 0.2) is 0 Å². The molecule has 1 saturated carbocycles. The summed E-state index contributed by atoms with van der Waals surface area (Å²) in [6.07, 6.45) is 2.67. The van der Waals surface area contributed by atoms with Crippen LogP contribution in [-0.4, -0.2) is 49.5 Å². The number of nitrogens with zero attached hydrogens (tertiary/aromatic N) is 1. The first-order valence-electron chi connectivity index (χ1n) is 8.21. The monoisotopic (exact) mass is 305 g/mol. The Morgan fingerprint density at radius 3 is 2.45 bits per heavy atom. The molecule has 0 aromatic heterocycles. The predicted molar refractivity (Wildman–Crippen MR) is 85.9 cm³/mol. The molecule has 4 heteroatoms. The van der Waals surface area contributed by atoms with E-state index in [0.29, 0.717) is 19.3 Å². The SMILES string of the molecule is COc1ccc(CN(CC2(CO)COC2)C(C)C2CC2)cc1. The quantitative estimate of drug-likeness (QED) is 0.800. The molecular weight excluding hydrogens is 278 g/mol. The van der Waals surface area contributed by atoms with E-state index in [1.807, 2.05) is 12.1 Å². The van der Waals surface area contributed by atoms with E-state index in [4.69, 9.17) is 9.47 Å². The Balaban J connectivity index is 1.69. The molecule has 1 saturated heterocycles. The highest BCUT2D eigenvalue weighted by Crippen LogP contribution is 2.38. The largest absolute Gasteiger partial charge is 0.497 e. The van der Waals surface area contributed by atoms with Gasteiger partial charge in [0.2, 0.25) is 0 Å². The van der Waals surface area contributed by atoms with E-state index in [-0.39, 0.29) is 12.0 Å². The number of methoxy groups -OCH3 is 1. The van der Waals surface area contributed by atoms with Gasteiger partial charge in [-0.3, -0.25) is 4.90 Å². The molecule has 22 heavy (non-hydrogen) atoms. The maximum Gasteiger partial charge on any atom is 0.118 e. The number of rotatable bonds is 8. The van der Waals surface area contributed by atoms with E-state index in [1.54, 1.807) is 7.11 Å². The Hall–Kier alpha value is -1.10. The second-order valence-corrected chi connectivity index (χ2v) is 6.98. The topological polar surface area (TPSA) is 41.9 Å². The standard InChI is InChI=1S/C18H27NO3/c1-14(16-5-6-16)19(10-18(11-20)12-22-13-18)9-15-3-7-17(21-2)8-4-15/h3-4,7-8,14,16,20H,5-6,9-13H2,1-2H3. The number of ether oxygens (including phenoxy) is 2. The van der Waals surface area contributed by atoms with Gasteiger partial charge in [-0.05, 0) is 43.4 Å². The third kappa shape index (κ3) is 3.45. The van der Waals surface area contributed by atoms with Gasteiger partial charge in [0.1, 0.15) is 5.75 Å². The van der Waals surface area contributed by atoms with Crippen molar-refractivity contribution < 1.29 is 14.6 Å². The van der Waals surface area contributed by atoms with Crippen LogP contribution in [-0.2, 0) is 11.3 Å². The molecule has 1 heterocycles. The van der Waals surface area contributed by atoms with Crippen LogP contribution in [0.1, 0.15) is 25.3 Å². The molecule has 2 aliphatic rings. The van der Waals surface area contributed by atoms with Crippen LogP contribution in [0.25, 0.3) is 0 Å². The predicted octanol–water partition coefficient (Wildman–Crippen LogP) is 2.30. The summed E-state index contributed by atoms with van der Waals surface area (Å²) in [6.45, 7) is 5.73. The van der Waals surface area contributed by atoms with Gasteiger partial charge in [-0.1, -0.05) is 12.1 Å². The molecule has 1 aromatic rings. The molecule has 122 valence electrons. The molecule has 1 aliphatic carbocycles. The maximum atomic E-state index is 9.73. The summed E-state index contributed by atoms with van der Waals surface area (Å²) < 4.78 is 10.6. The first-order valence-corrected chi connectivity index (χ1v) is 8.21. The third-order valence-electron chi connectivity index (χ3n) is 5.12. The Kier molecular flexibility index (Phi) is 4.71. The molecule has 1 aromatic carbocycles. The van der Waals surface area contributed by atoms with Crippen molar-refractivity contribution in [1.82, 2.24) is 4.90 Å². The van der Waals surface area contributed by atoms with E-state index in [0.717, 1.165) is 24.8 Å². The normalized spacial score (nSPS) is 21.5. The van der Waals surface area contributed by atoms with Gasteiger partial charge in [-0.2, -0.15) is 0 Å². The Bertz CT molecular complexity index is 474. The lowest BCUT2D eigenvalue weighted by Gasteiger charge is -2.45. The second kappa shape index (κ2) is 6.57. The fourth-order valence-corrected chi connectivity index (χ4v) is 3.24. The Morgan fingerprint density at radius 2 is 2.00 bits per heavy atom. The maximum absolute atomic E-state index is 9.73. The molecule has 4 nitrogen and oxygen atoms in total. The molecule has 1 atom stereocenters. The molecule has 3 rings (SSSR count). The van der Waals surface area contributed by atoms with E-state index < -0.39 is 0 Å². The van der Waals surface area contributed by atoms with Gasteiger partial charge in [0.25, 0.3) is 0 Å². The van der Waals surface area contributed by atoms with Crippen molar-refractivity contribution in [3.8, 4) is 5.75 Å². The highest BCUT2D eigenvalue weighted by molar-refractivity contribution is 5.27. The van der Waals surface area contributed by atoms with Gasteiger partial charge in [0.05, 0.1) is 32.3 Å². The molecule has 0 radical (unpaired) electrons. The van der Waals surface area contributed by atoms with Gasteiger partial charge in [-0.25, -0.2) is 0 Å². The molecular formula is C18H27NO3. The Morgan fingerprint density at radius 1 is 1.32 bits per heavy atom. The smallest absolute Gasteiger partial charge is 0.118 e. The van der Waals surface area contributed by atoms with Crippen molar-refractivity contribution in [2.45, 2.75) is 32.4 Å². The zero-order chi connectivity index (χ0) is 15.6. The lowest BCUT2D eigenvalue weighted by atomic mass is 9.85. The van der Waals surface area contributed by atoms with E-state index >= 15 is 0 Å². The molecule has 1 N–H and O–H groups in total. The van der Waals surface area contributed by atoms with Crippen LogP contribution in [0.3, 0.4) is 0 Å². The molecule has 0 amide bonds. The van der Waals surface area contributed by atoms with Crippen molar-refractivity contribution >= 4 is 0 Å². The zero-order valence-electron chi connectivity index (χ0n) is 13.6. The lowest BCUT2D eigenvalue weighted by Crippen LogP contribution is -2.54. The van der Waals surface area contributed by atoms with E-state index in [9.17, 15) is 5.11 Å². The van der Waals surface area contributed by atoms with Crippen molar-refractivity contribution in [2.24, 2.45) is 11.3 Å². The average Bonchev–Trinajstić information content (AvgIpc) is 3.34. The minimum absolute atomic E-state index is 0.0599. The van der Waals surface area contributed by atoms with Crippen LogP contribution in [0, 0.1) is 11.3 Å². The van der Waals surface area contributed by atoms with Crippen molar-refractivity contribution in [1.29, 1.82) is 0 Å². The summed E-state index contributed by atoms with van der Waals surface area (Å²) in [5.74, 6) is 1.71. The first-order chi connectivity index (χ1) is 10.7. The second-order valence-electron chi connectivity index (χ2n) is 6.98. The minimum Gasteiger partial charge on any atom is -0.497 e. The van der Waals surface area contributed by atoms with E-state index in [1.165, 1.54) is 18.4 Å². The van der Waals surface area contributed by atoms with Crippen molar-refractivity contribution in [3.63, 3.8) is 0 Å². The lowest BCUT2D eigenvalue weighted by molar-refractivity contribution is -0.152. The summed E-state index contributed by atoms with van der Waals surface area (Å²) in [4.78, 5) is 2.53. The van der Waals surface area contributed by atoms with Crippen molar-refractivity contribution in [3.05, 3.63) is 29.8 Å². The van der Waals surface area contributed by atoms with Gasteiger partial charge >= 0.3 is 0 Å². The minimum atomic E-state index is -0.0599. The highest BCUT2D eigenvalue weighted by atomic mass is 16.5. The van der Waals surface area contributed by atoms with Crippen LogP contribution >= 0.6 is 0 Å². The number of hydrogen-bond acceptors (Lipinski definition) is 4. The Labute approximate surface area is 133 Å². The molecule has 0 spiro atoms. The number of aliphatic hydroxyl groups is 1. The molecule has 2 fully saturated rings. The van der Waals surface area contributed by atoms with E-state index in [2.05, 4.69) is 24.0 Å². The first kappa shape index (κ1) is 15.8. The number of hydrogen-bond donors (Lipinski definition) is 1. The van der Waals surface area contributed by atoms with Gasteiger partial charge in [0, 0.05) is 19.1 Å². The highest BCUT2D eigenvalue weighted by Gasteiger charge is 2.42. The van der Waals surface area contributed by atoms with Crippen LogP contribution in [0.5, 0.6) is 5.75 Å². The number of aliphatic hydroxyl groups excluding tert-OH is 1. The van der Waals surface area contributed by atoms with Gasteiger partial charge < -0.3 is 14.6 Å². The van der Waals surface area contributed by atoms with Crippen LogP contribution < -0.4 is 4.74 Å². The van der Waals surface area contributed by atoms with Crippen LogP contribution in [0.2, 0.25) is 0 Å². The van der Waals surface area contributed by atoms with Crippen LogP contribution in [0.15, 0.2) is 24.3 Å².